The first-order valence-corrected chi connectivity index (χ1v) is 9.64. The Morgan fingerprint density at radius 2 is 1.40 bits per heavy atom. The Morgan fingerprint density at radius 3 is 1.67 bits per heavy atom. The van der Waals surface area contributed by atoms with Crippen molar-refractivity contribution in [2.75, 3.05) is 0 Å². The highest BCUT2D eigenvalue weighted by Gasteiger charge is 2.37. The molecular formula is C14H26Si. The Bertz CT molecular complexity index is 324. The second-order valence-corrected chi connectivity index (χ2v) is 11.7. The van der Waals surface area contributed by atoms with Crippen LogP contribution in [0.1, 0.15) is 34.6 Å². The van der Waals surface area contributed by atoms with Crippen molar-refractivity contribution >= 4 is 8.07 Å². The first-order chi connectivity index (χ1) is 6.68. The summed E-state index contributed by atoms with van der Waals surface area (Å²) in [5, 5.41) is 0. The average Bonchev–Trinajstić information content (AvgIpc) is 2.28. The van der Waals surface area contributed by atoms with Crippen LogP contribution in [0, 0.1) is 5.92 Å². The van der Waals surface area contributed by atoms with E-state index in [0.717, 1.165) is 5.54 Å². The number of hydrogen-bond donors (Lipinski definition) is 0. The van der Waals surface area contributed by atoms with E-state index < -0.39 is 8.07 Å². The summed E-state index contributed by atoms with van der Waals surface area (Å²) in [4.78, 5) is 0. The molecule has 0 radical (unpaired) electrons. The summed E-state index contributed by atoms with van der Waals surface area (Å²) in [5.41, 5.74) is 7.30. The van der Waals surface area contributed by atoms with Crippen LogP contribution < -0.4 is 0 Å². The first-order valence-electron chi connectivity index (χ1n) is 6.06. The average molecular weight is 222 g/mol. The van der Waals surface area contributed by atoms with E-state index in [0.29, 0.717) is 5.92 Å². The van der Waals surface area contributed by atoms with E-state index >= 15 is 0 Å². The van der Waals surface area contributed by atoms with Gasteiger partial charge in [0, 0.05) is 0 Å². The minimum Gasteiger partial charge on any atom is -0.0688 e. The molecule has 1 aliphatic rings. The van der Waals surface area contributed by atoms with Crippen LogP contribution in [0.2, 0.25) is 25.2 Å². The molecule has 0 amide bonds. The van der Waals surface area contributed by atoms with E-state index in [4.69, 9.17) is 0 Å². The van der Waals surface area contributed by atoms with E-state index in [1.807, 2.05) is 0 Å². The van der Waals surface area contributed by atoms with Crippen LogP contribution in [0.5, 0.6) is 0 Å². The molecule has 0 heterocycles. The van der Waals surface area contributed by atoms with Crippen molar-refractivity contribution in [1.82, 2.24) is 0 Å². The molecule has 0 fully saturated rings. The van der Waals surface area contributed by atoms with Gasteiger partial charge in [0.25, 0.3) is 0 Å². The summed E-state index contributed by atoms with van der Waals surface area (Å²) in [7, 11) is -1.11. The molecule has 0 N–H and O–H groups in total. The molecule has 1 rings (SSSR count). The molecule has 1 heteroatoms. The van der Waals surface area contributed by atoms with E-state index in [2.05, 4.69) is 54.3 Å². The van der Waals surface area contributed by atoms with Crippen LogP contribution in [0.25, 0.3) is 0 Å². The van der Waals surface area contributed by atoms with Gasteiger partial charge in [0.1, 0.15) is 0 Å². The monoisotopic (exact) mass is 222 g/mol. The maximum Gasteiger partial charge on any atom is 0.0565 e. The molecule has 0 saturated heterocycles. The molecular weight excluding hydrogens is 196 g/mol. The van der Waals surface area contributed by atoms with Crippen LogP contribution in [0.3, 0.4) is 0 Å². The predicted octanol–water partition coefficient (Wildman–Crippen LogP) is 5.02. The zero-order chi connectivity index (χ0) is 12.0. The van der Waals surface area contributed by atoms with Gasteiger partial charge in [0.2, 0.25) is 0 Å². The van der Waals surface area contributed by atoms with Gasteiger partial charge >= 0.3 is 0 Å². The Hall–Kier alpha value is -0.303. The third-order valence-corrected chi connectivity index (χ3v) is 6.30. The minimum atomic E-state index is -1.11. The largest absolute Gasteiger partial charge is 0.0688 e. The molecule has 0 unspecified atom stereocenters. The molecule has 0 saturated carbocycles. The fraction of sp³-hybridized carbons (Fsp3) is 0.714. The topological polar surface area (TPSA) is 0 Å². The third-order valence-electron chi connectivity index (χ3n) is 3.82. The standard InChI is InChI=1S/C14H26Si/c1-9(2)13-11(4)10(3)12(5)14(13)15(6,7)8/h9,14H,1-8H3/t14-/m0/s1. The van der Waals surface area contributed by atoms with E-state index in [-0.39, 0.29) is 0 Å². The minimum absolute atomic E-state index is 0.703. The van der Waals surface area contributed by atoms with Crippen molar-refractivity contribution in [3.8, 4) is 0 Å². The molecule has 0 spiro atoms. The van der Waals surface area contributed by atoms with Crippen molar-refractivity contribution in [1.29, 1.82) is 0 Å². The molecule has 0 aliphatic heterocycles. The predicted molar refractivity (Wildman–Crippen MR) is 73.0 cm³/mol. The maximum atomic E-state index is 2.50. The highest BCUT2D eigenvalue weighted by molar-refractivity contribution is 6.79. The van der Waals surface area contributed by atoms with Crippen LogP contribution >= 0.6 is 0 Å². The van der Waals surface area contributed by atoms with Gasteiger partial charge in [-0.05, 0) is 43.4 Å². The van der Waals surface area contributed by atoms with Gasteiger partial charge in [-0.2, -0.15) is 0 Å². The number of hydrogen-bond acceptors (Lipinski definition) is 0. The van der Waals surface area contributed by atoms with Crippen LogP contribution in [0.15, 0.2) is 22.3 Å². The Kier molecular flexibility index (Phi) is 3.35. The lowest BCUT2D eigenvalue weighted by Crippen LogP contribution is -2.30. The molecule has 0 aromatic rings. The Morgan fingerprint density at radius 1 is 0.933 bits per heavy atom. The lowest BCUT2D eigenvalue weighted by atomic mass is 9.97. The third kappa shape index (κ3) is 2.12. The zero-order valence-electron chi connectivity index (χ0n) is 11.7. The Balaban J connectivity index is 3.27. The summed E-state index contributed by atoms with van der Waals surface area (Å²) in [6.45, 7) is 19.1. The smallest absolute Gasteiger partial charge is 0.0565 e. The summed E-state index contributed by atoms with van der Waals surface area (Å²) in [6.07, 6.45) is 0. The fourth-order valence-corrected chi connectivity index (χ4v) is 6.06. The Labute approximate surface area is 96.5 Å². The van der Waals surface area contributed by atoms with E-state index in [1.165, 1.54) is 0 Å². The molecule has 0 aromatic carbocycles. The second kappa shape index (κ2) is 3.93. The van der Waals surface area contributed by atoms with Crippen molar-refractivity contribution in [3.63, 3.8) is 0 Å². The maximum absolute atomic E-state index is 2.50. The van der Waals surface area contributed by atoms with Gasteiger partial charge in [-0.25, -0.2) is 0 Å². The van der Waals surface area contributed by atoms with Gasteiger partial charge < -0.3 is 0 Å². The van der Waals surface area contributed by atoms with Crippen molar-refractivity contribution in [2.45, 2.75) is 59.8 Å². The van der Waals surface area contributed by atoms with Gasteiger partial charge in [0.15, 0.2) is 0 Å². The van der Waals surface area contributed by atoms with Crippen molar-refractivity contribution in [3.05, 3.63) is 22.3 Å². The van der Waals surface area contributed by atoms with Crippen LogP contribution in [-0.4, -0.2) is 8.07 Å². The van der Waals surface area contributed by atoms with E-state index in [9.17, 15) is 0 Å². The van der Waals surface area contributed by atoms with Crippen LogP contribution in [-0.2, 0) is 0 Å². The molecule has 0 nitrogen and oxygen atoms in total. The SMILES string of the molecule is CC1=C(C)[C@H]([Si](C)(C)C)C(C(C)C)=C1C. The van der Waals surface area contributed by atoms with Crippen molar-refractivity contribution < 1.29 is 0 Å². The summed E-state index contributed by atoms with van der Waals surface area (Å²) >= 11 is 0. The van der Waals surface area contributed by atoms with Gasteiger partial charge in [-0.15, -0.1) is 0 Å². The molecule has 0 aromatic heterocycles. The number of allylic oxidation sites excluding steroid dienone is 4. The molecule has 0 bridgehead atoms. The second-order valence-electron chi connectivity index (χ2n) is 6.34. The fourth-order valence-electron chi connectivity index (χ4n) is 3.06. The normalized spacial score (nSPS) is 23.4. The molecule has 15 heavy (non-hydrogen) atoms. The molecule has 1 aliphatic carbocycles. The summed E-state index contributed by atoms with van der Waals surface area (Å²) in [5.74, 6) is 0.703. The van der Waals surface area contributed by atoms with Gasteiger partial charge in [0.05, 0.1) is 8.07 Å². The molecule has 1 atom stereocenters. The highest BCUT2D eigenvalue weighted by atomic mass is 28.3. The summed E-state index contributed by atoms with van der Waals surface area (Å²) in [6, 6.07) is 0. The first kappa shape index (κ1) is 12.8. The lowest BCUT2D eigenvalue weighted by Gasteiger charge is -2.31. The van der Waals surface area contributed by atoms with Crippen LogP contribution in [0.4, 0.5) is 0 Å². The lowest BCUT2D eigenvalue weighted by molar-refractivity contribution is 0.731. The molecule has 86 valence electrons. The highest BCUT2D eigenvalue weighted by Crippen LogP contribution is 2.49. The van der Waals surface area contributed by atoms with Gasteiger partial charge in [-0.3, -0.25) is 0 Å². The summed E-state index contributed by atoms with van der Waals surface area (Å²) < 4.78 is 0. The van der Waals surface area contributed by atoms with E-state index in [1.54, 1.807) is 22.3 Å². The van der Waals surface area contributed by atoms with Gasteiger partial charge in [-0.1, -0.05) is 44.6 Å². The van der Waals surface area contributed by atoms with Crippen molar-refractivity contribution in [2.24, 2.45) is 5.92 Å². The zero-order valence-corrected chi connectivity index (χ0v) is 12.7. The number of rotatable bonds is 2. The quantitative estimate of drug-likeness (QED) is 0.576.